The highest BCUT2D eigenvalue weighted by atomic mass is 35.5. The molecule has 0 saturated heterocycles. The smallest absolute Gasteiger partial charge is 0.307 e. The molecule has 0 spiro atoms. The second kappa shape index (κ2) is 7.36. The Bertz CT molecular complexity index is 913. The van der Waals surface area contributed by atoms with E-state index in [-0.39, 0.29) is 5.76 Å². The summed E-state index contributed by atoms with van der Waals surface area (Å²) in [6, 6.07) is 10.9. The van der Waals surface area contributed by atoms with Gasteiger partial charge in [0.25, 0.3) is 0 Å². The van der Waals surface area contributed by atoms with Crippen LogP contribution in [0.2, 0.25) is 5.02 Å². The third-order valence-electron chi connectivity index (χ3n) is 3.82. The minimum absolute atomic E-state index is 0.208. The molecule has 3 aromatic rings. The largest absolute Gasteiger partial charge is 0.459 e. The number of benzene rings is 1. The summed E-state index contributed by atoms with van der Waals surface area (Å²) in [4.78, 5) is 11.8. The van der Waals surface area contributed by atoms with Gasteiger partial charge in [-0.15, -0.1) is 0 Å². The van der Waals surface area contributed by atoms with Crippen LogP contribution in [-0.2, 0) is 6.54 Å². The van der Waals surface area contributed by atoms with Crippen molar-refractivity contribution in [3.8, 4) is 0 Å². The van der Waals surface area contributed by atoms with Crippen molar-refractivity contribution in [2.24, 2.45) is 5.10 Å². The highest BCUT2D eigenvalue weighted by Crippen LogP contribution is 2.18. The van der Waals surface area contributed by atoms with Crippen molar-refractivity contribution in [2.45, 2.75) is 20.4 Å². The Labute approximate surface area is 150 Å². The highest BCUT2D eigenvalue weighted by Gasteiger charge is 2.12. The maximum Gasteiger partial charge on any atom is 0.307 e. The molecule has 0 fully saturated rings. The molecule has 1 amide bonds. The molecule has 0 aliphatic rings. The van der Waals surface area contributed by atoms with E-state index in [1.807, 2.05) is 42.8 Å². The molecule has 128 valence electrons. The van der Waals surface area contributed by atoms with Crippen molar-refractivity contribution < 1.29 is 9.21 Å². The number of aromatic nitrogens is 2. The van der Waals surface area contributed by atoms with Gasteiger partial charge in [0.05, 0.1) is 24.7 Å². The fraction of sp³-hybridized carbons (Fsp3) is 0.167. The fourth-order valence-electron chi connectivity index (χ4n) is 2.46. The van der Waals surface area contributed by atoms with Gasteiger partial charge < -0.3 is 4.42 Å². The Morgan fingerprint density at radius 3 is 2.84 bits per heavy atom. The lowest BCUT2D eigenvalue weighted by molar-refractivity contribution is 0.0927. The molecule has 0 aliphatic carbocycles. The van der Waals surface area contributed by atoms with E-state index in [1.165, 1.54) is 6.26 Å². The number of carbonyl (C=O) groups is 1. The second-order valence-electron chi connectivity index (χ2n) is 5.51. The van der Waals surface area contributed by atoms with Crippen LogP contribution in [0.15, 0.2) is 52.2 Å². The molecule has 0 aliphatic heterocycles. The number of aryl methyl sites for hydroxylation is 1. The predicted molar refractivity (Wildman–Crippen MR) is 96.0 cm³/mol. The van der Waals surface area contributed by atoms with Gasteiger partial charge in [-0.2, -0.15) is 10.2 Å². The minimum atomic E-state index is -0.403. The quantitative estimate of drug-likeness (QED) is 0.561. The number of rotatable bonds is 5. The van der Waals surface area contributed by atoms with Crippen molar-refractivity contribution in [3.63, 3.8) is 0 Å². The molecule has 0 radical (unpaired) electrons. The summed E-state index contributed by atoms with van der Waals surface area (Å²) in [5, 5.41) is 9.23. The first-order valence-corrected chi connectivity index (χ1v) is 8.08. The summed E-state index contributed by atoms with van der Waals surface area (Å²) in [6.07, 6.45) is 3.02. The first kappa shape index (κ1) is 17.0. The Balaban J connectivity index is 1.74. The van der Waals surface area contributed by atoms with Gasteiger partial charge in [-0.1, -0.05) is 29.8 Å². The number of amides is 1. The van der Waals surface area contributed by atoms with Gasteiger partial charge in [0.1, 0.15) is 0 Å². The van der Waals surface area contributed by atoms with Crippen molar-refractivity contribution in [1.82, 2.24) is 15.2 Å². The number of furan rings is 1. The number of hydrogen-bond acceptors (Lipinski definition) is 4. The van der Waals surface area contributed by atoms with Crippen LogP contribution in [0.25, 0.3) is 0 Å². The molecular formula is C18H17ClN4O2. The number of nitrogens with zero attached hydrogens (tertiary/aromatic N) is 3. The molecule has 6 nitrogen and oxygen atoms in total. The predicted octanol–water partition coefficient (Wildman–Crippen LogP) is 3.56. The molecule has 0 unspecified atom stereocenters. The van der Waals surface area contributed by atoms with Crippen LogP contribution in [0.4, 0.5) is 0 Å². The Hall–Kier alpha value is -2.86. The second-order valence-corrected chi connectivity index (χ2v) is 5.92. The summed E-state index contributed by atoms with van der Waals surface area (Å²) in [5.74, 6) is -0.194. The first-order valence-electron chi connectivity index (χ1n) is 7.70. The zero-order valence-corrected chi connectivity index (χ0v) is 14.6. The van der Waals surface area contributed by atoms with Crippen LogP contribution in [0.5, 0.6) is 0 Å². The lowest BCUT2D eigenvalue weighted by atomic mass is 10.2. The van der Waals surface area contributed by atoms with E-state index in [0.29, 0.717) is 11.6 Å². The van der Waals surface area contributed by atoms with Gasteiger partial charge in [0.2, 0.25) is 0 Å². The molecular weight excluding hydrogens is 340 g/mol. The monoisotopic (exact) mass is 356 g/mol. The Morgan fingerprint density at radius 1 is 1.32 bits per heavy atom. The zero-order valence-electron chi connectivity index (χ0n) is 13.9. The average Bonchev–Trinajstić information content (AvgIpc) is 3.21. The number of nitrogens with one attached hydrogen (secondary N) is 1. The van der Waals surface area contributed by atoms with Crippen LogP contribution in [-0.4, -0.2) is 21.9 Å². The van der Waals surface area contributed by atoms with E-state index in [0.717, 1.165) is 22.5 Å². The van der Waals surface area contributed by atoms with Crippen molar-refractivity contribution >= 4 is 23.7 Å². The molecule has 0 atom stereocenters. The molecule has 7 heteroatoms. The van der Waals surface area contributed by atoms with Crippen molar-refractivity contribution in [2.75, 3.05) is 0 Å². The summed E-state index contributed by atoms with van der Waals surface area (Å²) >= 11 is 6.22. The minimum Gasteiger partial charge on any atom is -0.459 e. The van der Waals surface area contributed by atoms with Crippen LogP contribution in [0.3, 0.4) is 0 Å². The molecule has 3 rings (SSSR count). The molecule has 2 heterocycles. The number of hydrazone groups is 1. The van der Waals surface area contributed by atoms with Crippen LogP contribution in [0, 0.1) is 13.8 Å². The van der Waals surface area contributed by atoms with Gasteiger partial charge in [0.15, 0.2) is 5.76 Å². The summed E-state index contributed by atoms with van der Waals surface area (Å²) < 4.78 is 6.88. The third-order valence-corrected chi connectivity index (χ3v) is 4.19. The molecule has 0 saturated carbocycles. The third kappa shape index (κ3) is 3.80. The van der Waals surface area contributed by atoms with E-state index in [1.54, 1.807) is 18.3 Å². The number of hydrogen-bond donors (Lipinski definition) is 1. The highest BCUT2D eigenvalue weighted by molar-refractivity contribution is 6.31. The van der Waals surface area contributed by atoms with E-state index in [2.05, 4.69) is 15.6 Å². The fourth-order valence-corrected chi connectivity index (χ4v) is 2.65. The van der Waals surface area contributed by atoms with E-state index in [9.17, 15) is 4.79 Å². The van der Waals surface area contributed by atoms with Gasteiger partial charge in [-0.25, -0.2) is 5.43 Å². The van der Waals surface area contributed by atoms with Crippen LogP contribution in [0.1, 0.15) is 33.1 Å². The Morgan fingerprint density at radius 2 is 2.12 bits per heavy atom. The van der Waals surface area contributed by atoms with Gasteiger partial charge in [-0.05, 0) is 37.6 Å². The zero-order chi connectivity index (χ0) is 17.8. The lowest BCUT2D eigenvalue weighted by Gasteiger charge is -2.06. The number of carbonyl (C=O) groups excluding carboxylic acids is 1. The maximum absolute atomic E-state index is 11.8. The molecule has 0 bridgehead atoms. The molecule has 1 aromatic carbocycles. The van der Waals surface area contributed by atoms with E-state index in [4.69, 9.17) is 16.0 Å². The molecule has 25 heavy (non-hydrogen) atoms. The van der Waals surface area contributed by atoms with Crippen molar-refractivity contribution in [1.29, 1.82) is 0 Å². The van der Waals surface area contributed by atoms with E-state index >= 15 is 0 Å². The lowest BCUT2D eigenvalue weighted by Crippen LogP contribution is -2.16. The SMILES string of the molecule is Cc1nn(Cc2ccccc2Cl)c(C)c1/C=N\NC(=O)c1ccco1. The first-order chi connectivity index (χ1) is 12.1. The maximum atomic E-state index is 11.8. The van der Waals surface area contributed by atoms with Gasteiger partial charge >= 0.3 is 5.91 Å². The molecule has 2 aromatic heterocycles. The Kier molecular flexibility index (Phi) is 5.00. The standard InChI is InChI=1S/C18H17ClN4O2/c1-12-15(10-20-21-18(24)17-8-5-9-25-17)13(2)23(22-12)11-14-6-3-4-7-16(14)19/h3-10H,11H2,1-2H3,(H,21,24)/b20-10-. The van der Waals surface area contributed by atoms with Gasteiger partial charge in [-0.3, -0.25) is 9.48 Å². The average molecular weight is 357 g/mol. The number of halogens is 1. The van der Waals surface area contributed by atoms with Gasteiger partial charge in [0, 0.05) is 16.3 Å². The topological polar surface area (TPSA) is 72.4 Å². The van der Waals surface area contributed by atoms with Crippen LogP contribution < -0.4 is 5.43 Å². The van der Waals surface area contributed by atoms with E-state index < -0.39 is 5.91 Å². The summed E-state index contributed by atoms with van der Waals surface area (Å²) in [5.41, 5.74) is 6.04. The summed E-state index contributed by atoms with van der Waals surface area (Å²) in [6.45, 7) is 4.41. The summed E-state index contributed by atoms with van der Waals surface area (Å²) in [7, 11) is 0. The molecule has 1 N–H and O–H groups in total. The van der Waals surface area contributed by atoms with Crippen LogP contribution >= 0.6 is 11.6 Å². The van der Waals surface area contributed by atoms with Crippen molar-refractivity contribution in [3.05, 3.63) is 76.0 Å². The normalized spacial score (nSPS) is 11.2.